The summed E-state index contributed by atoms with van der Waals surface area (Å²) in [5.74, 6) is 0. The fraction of sp³-hybridized carbons (Fsp3) is 0.654. The molecule has 9 heteroatoms. The largest absolute Gasteiger partial charge is 0.366 e. The molecule has 35 heavy (non-hydrogen) atoms. The van der Waals surface area contributed by atoms with Crippen molar-refractivity contribution in [2.45, 2.75) is 83.8 Å². The van der Waals surface area contributed by atoms with Crippen molar-refractivity contribution in [2.24, 2.45) is 12.5 Å². The van der Waals surface area contributed by atoms with Crippen molar-refractivity contribution < 1.29 is 8.78 Å². The van der Waals surface area contributed by atoms with E-state index >= 15 is 0 Å². The number of pyridine rings is 1. The normalized spacial score (nSPS) is 26.2. The van der Waals surface area contributed by atoms with Gasteiger partial charge in [0.05, 0.1) is 29.5 Å². The van der Waals surface area contributed by atoms with Crippen LogP contribution in [0.1, 0.15) is 61.2 Å². The van der Waals surface area contributed by atoms with Gasteiger partial charge in [0.25, 0.3) is 6.43 Å². The molecule has 2 bridgehead atoms. The van der Waals surface area contributed by atoms with Gasteiger partial charge in [-0.1, -0.05) is 0 Å². The first-order chi connectivity index (χ1) is 16.8. The maximum absolute atomic E-state index is 12.8. The minimum Gasteiger partial charge on any atom is -0.366 e. The number of halogens is 2. The molecule has 7 nitrogen and oxygen atoms in total. The molecule has 0 amide bonds. The van der Waals surface area contributed by atoms with Gasteiger partial charge in [-0.3, -0.25) is 9.36 Å². The van der Waals surface area contributed by atoms with Gasteiger partial charge in [-0.25, -0.2) is 13.8 Å². The highest BCUT2D eigenvalue weighted by molar-refractivity contribution is 5.89. The first-order valence-electron chi connectivity index (χ1n) is 12.9. The van der Waals surface area contributed by atoms with E-state index in [-0.39, 0.29) is 17.5 Å². The highest BCUT2D eigenvalue weighted by Gasteiger charge is 2.49. The van der Waals surface area contributed by atoms with E-state index in [1.165, 1.54) is 16.9 Å². The van der Waals surface area contributed by atoms with Crippen molar-refractivity contribution in [3.05, 3.63) is 34.9 Å². The van der Waals surface area contributed by atoms with Gasteiger partial charge >= 0.3 is 0 Å². The summed E-state index contributed by atoms with van der Waals surface area (Å²) < 4.78 is 29.7. The lowest BCUT2D eigenvalue weighted by atomic mass is 9.57. The molecule has 0 unspecified atom stereocenters. The maximum Gasteiger partial charge on any atom is 0.250 e. The van der Waals surface area contributed by atoms with Gasteiger partial charge in [0, 0.05) is 55.6 Å². The van der Waals surface area contributed by atoms with E-state index in [4.69, 9.17) is 5.10 Å². The van der Waals surface area contributed by atoms with Gasteiger partial charge in [0.15, 0.2) is 5.65 Å². The van der Waals surface area contributed by atoms with Crippen LogP contribution in [-0.2, 0) is 26.6 Å². The number of anilines is 1. The minimum absolute atomic E-state index is 0.0710. The second kappa shape index (κ2) is 8.25. The molecule has 3 fully saturated rings. The Balaban J connectivity index is 1.21. The summed E-state index contributed by atoms with van der Waals surface area (Å²) in [7, 11) is 1.94. The van der Waals surface area contributed by atoms with Gasteiger partial charge in [0.1, 0.15) is 0 Å². The van der Waals surface area contributed by atoms with E-state index in [1.807, 2.05) is 24.9 Å². The highest BCUT2D eigenvalue weighted by atomic mass is 19.3. The minimum atomic E-state index is -2.28. The lowest BCUT2D eigenvalue weighted by Crippen LogP contribution is -2.56. The number of aryl methyl sites for hydroxylation is 3. The number of fused-ring (bicyclic) bond motifs is 5. The molecule has 0 atom stereocenters. The maximum atomic E-state index is 12.8. The Morgan fingerprint density at radius 2 is 1.86 bits per heavy atom. The van der Waals surface area contributed by atoms with Crippen molar-refractivity contribution in [1.82, 2.24) is 29.9 Å². The predicted octanol–water partition coefficient (Wildman–Crippen LogP) is 4.29. The number of aromatic nitrogens is 5. The Hall–Kier alpha value is -2.55. The first kappa shape index (κ1) is 22.9. The van der Waals surface area contributed by atoms with Gasteiger partial charge in [-0.05, 0) is 63.9 Å². The molecule has 7 rings (SSSR count). The third-order valence-electron chi connectivity index (χ3n) is 9.01. The number of alkyl halides is 2. The van der Waals surface area contributed by atoms with Crippen LogP contribution in [0, 0.1) is 19.3 Å². The molecule has 0 saturated heterocycles. The fourth-order valence-corrected chi connectivity index (χ4v) is 6.86. The van der Waals surface area contributed by atoms with Crippen molar-refractivity contribution in [3.63, 3.8) is 0 Å². The Kier molecular flexibility index (Phi) is 5.39. The van der Waals surface area contributed by atoms with Crippen LogP contribution in [0.5, 0.6) is 0 Å². The number of hydrogen-bond acceptors (Lipinski definition) is 5. The lowest BCUT2D eigenvalue weighted by Gasteiger charge is -2.54. The van der Waals surface area contributed by atoms with Gasteiger partial charge in [0.2, 0.25) is 0 Å². The van der Waals surface area contributed by atoms with E-state index < -0.39 is 6.43 Å². The molecule has 4 heterocycles. The number of nitrogens with one attached hydrogen (secondary N) is 1. The molecule has 4 aliphatic rings. The lowest BCUT2D eigenvalue weighted by molar-refractivity contribution is -0.000555. The van der Waals surface area contributed by atoms with E-state index in [1.54, 1.807) is 0 Å². The predicted molar refractivity (Wildman–Crippen MR) is 132 cm³/mol. The summed E-state index contributed by atoms with van der Waals surface area (Å²) in [6.45, 7) is 6.74. The van der Waals surface area contributed by atoms with Crippen LogP contribution in [0.2, 0.25) is 0 Å². The monoisotopic (exact) mass is 483 g/mol. The SMILES string of the molecule is Cc1cc(N2CCc3c(c(C)nn3CC34CCC(NCC(F)F)(CC3)CC4)C2)c2cnn(C)c2n1. The molecule has 0 radical (unpaired) electrons. The molecule has 0 aromatic carbocycles. The summed E-state index contributed by atoms with van der Waals surface area (Å²) in [5, 5.41) is 13.8. The zero-order chi connectivity index (χ0) is 24.4. The zero-order valence-electron chi connectivity index (χ0n) is 20.9. The summed E-state index contributed by atoms with van der Waals surface area (Å²) in [4.78, 5) is 7.13. The molecule has 3 saturated carbocycles. The molecule has 3 aliphatic carbocycles. The van der Waals surface area contributed by atoms with Crippen LogP contribution in [-0.4, -0.2) is 49.6 Å². The average molecular weight is 484 g/mol. The van der Waals surface area contributed by atoms with Crippen molar-refractivity contribution in [3.8, 4) is 0 Å². The van der Waals surface area contributed by atoms with Crippen LogP contribution in [0.15, 0.2) is 12.3 Å². The molecule has 1 aliphatic heterocycles. The molecular weight excluding hydrogens is 448 g/mol. The van der Waals surface area contributed by atoms with Crippen LogP contribution in [0.3, 0.4) is 0 Å². The molecule has 3 aromatic rings. The van der Waals surface area contributed by atoms with Gasteiger partial charge in [-0.2, -0.15) is 10.2 Å². The summed E-state index contributed by atoms with van der Waals surface area (Å²) >= 11 is 0. The fourth-order valence-electron chi connectivity index (χ4n) is 6.86. The van der Waals surface area contributed by atoms with Gasteiger partial charge < -0.3 is 10.2 Å². The summed E-state index contributed by atoms with van der Waals surface area (Å²) in [6.07, 6.45) is 6.89. The molecule has 0 spiro atoms. The smallest absolute Gasteiger partial charge is 0.250 e. The van der Waals surface area contributed by atoms with E-state index in [9.17, 15) is 8.78 Å². The molecule has 1 N–H and O–H groups in total. The Bertz CT molecular complexity index is 1240. The summed E-state index contributed by atoms with van der Waals surface area (Å²) in [6, 6.07) is 2.17. The first-order valence-corrected chi connectivity index (χ1v) is 12.9. The summed E-state index contributed by atoms with van der Waals surface area (Å²) in [5.41, 5.74) is 7.14. The van der Waals surface area contributed by atoms with Crippen LogP contribution >= 0.6 is 0 Å². The average Bonchev–Trinajstić information content (AvgIpc) is 3.37. The van der Waals surface area contributed by atoms with E-state index in [0.29, 0.717) is 0 Å². The molecule has 3 aromatic heterocycles. The third-order valence-corrected chi connectivity index (χ3v) is 9.01. The van der Waals surface area contributed by atoms with Crippen LogP contribution < -0.4 is 10.2 Å². The standard InChI is InChI=1S/C26H35F2N7/c1-17-12-22(19-13-30-33(3)24(19)31-17)34-11-4-21-20(15-34)18(2)32-35(21)16-25-5-8-26(9-6-25,10-7-25)29-14-23(27)28/h12-13,23,29H,4-11,14-16H2,1-3H3. The second-order valence-electron chi connectivity index (χ2n) is 11.2. The quantitative estimate of drug-likeness (QED) is 0.567. The Labute approximate surface area is 204 Å². The number of hydrogen-bond donors (Lipinski definition) is 1. The molecular formula is C26H35F2N7. The number of rotatable bonds is 6. The van der Waals surface area contributed by atoms with Crippen LogP contribution in [0.4, 0.5) is 14.5 Å². The van der Waals surface area contributed by atoms with Gasteiger partial charge in [-0.15, -0.1) is 0 Å². The Morgan fingerprint density at radius 3 is 2.57 bits per heavy atom. The zero-order valence-corrected chi connectivity index (χ0v) is 20.9. The Morgan fingerprint density at radius 1 is 1.11 bits per heavy atom. The van der Waals surface area contributed by atoms with Crippen molar-refractivity contribution in [1.29, 1.82) is 0 Å². The second-order valence-corrected chi connectivity index (χ2v) is 11.2. The van der Waals surface area contributed by atoms with Crippen molar-refractivity contribution in [2.75, 3.05) is 18.0 Å². The number of nitrogens with zero attached hydrogens (tertiary/aromatic N) is 6. The van der Waals surface area contributed by atoms with E-state index in [0.717, 1.165) is 87.0 Å². The topological polar surface area (TPSA) is 63.8 Å². The third kappa shape index (κ3) is 3.92. The highest BCUT2D eigenvalue weighted by Crippen LogP contribution is 2.53. The van der Waals surface area contributed by atoms with E-state index in [2.05, 4.69) is 38.0 Å². The molecule has 188 valence electrons. The van der Waals surface area contributed by atoms with Crippen LogP contribution in [0.25, 0.3) is 11.0 Å². The van der Waals surface area contributed by atoms with Crippen molar-refractivity contribution >= 4 is 16.7 Å².